The molecule has 0 bridgehead atoms. The minimum absolute atomic E-state index is 0.169. The topological polar surface area (TPSA) is 49.4 Å². The van der Waals surface area contributed by atoms with Gasteiger partial charge >= 0.3 is 0 Å². The first-order chi connectivity index (χ1) is 6.98. The minimum Gasteiger partial charge on any atom is -0.310 e. The van der Waals surface area contributed by atoms with E-state index >= 15 is 0 Å². The molecule has 88 valence electrons. The molecular formula is C10H20N2O2S. The summed E-state index contributed by atoms with van der Waals surface area (Å²) in [7, 11) is -2.80. The standard InChI is InChI=1S/C10H20N2O2S/c1-8(2)5-12-4-3-11-9-6-15(13,14)7-10(9)12/h8-11H,3-7H2,1-2H3/t9-,10-/m0/s1. The Hall–Kier alpha value is -0.130. The third kappa shape index (κ3) is 2.52. The van der Waals surface area contributed by atoms with E-state index in [-0.39, 0.29) is 12.1 Å². The Balaban J connectivity index is 2.08. The quantitative estimate of drug-likeness (QED) is 0.711. The van der Waals surface area contributed by atoms with E-state index in [2.05, 4.69) is 24.1 Å². The fourth-order valence-electron chi connectivity index (χ4n) is 2.64. The fourth-order valence-corrected chi connectivity index (χ4v) is 4.63. The highest BCUT2D eigenvalue weighted by Crippen LogP contribution is 2.21. The molecule has 0 saturated carbocycles. The van der Waals surface area contributed by atoms with Crippen LogP contribution in [0.25, 0.3) is 0 Å². The summed E-state index contributed by atoms with van der Waals surface area (Å²) in [5.74, 6) is 1.27. The molecule has 0 radical (unpaired) electrons. The second-order valence-corrected chi connectivity index (χ2v) is 7.25. The van der Waals surface area contributed by atoms with Gasteiger partial charge in [0.15, 0.2) is 9.84 Å². The average Bonchev–Trinajstić information content (AvgIpc) is 2.39. The molecule has 2 atom stereocenters. The van der Waals surface area contributed by atoms with Crippen molar-refractivity contribution in [2.45, 2.75) is 25.9 Å². The largest absolute Gasteiger partial charge is 0.310 e. The van der Waals surface area contributed by atoms with Crippen LogP contribution in [-0.2, 0) is 9.84 Å². The summed E-state index contributed by atoms with van der Waals surface area (Å²) in [6, 6.07) is 0.383. The van der Waals surface area contributed by atoms with Crippen LogP contribution in [0.15, 0.2) is 0 Å². The Morgan fingerprint density at radius 1 is 1.40 bits per heavy atom. The van der Waals surface area contributed by atoms with E-state index in [0.29, 0.717) is 17.4 Å². The van der Waals surface area contributed by atoms with Gasteiger partial charge in [0.2, 0.25) is 0 Å². The molecule has 2 aliphatic heterocycles. The first-order valence-electron chi connectivity index (χ1n) is 5.66. The molecule has 2 fully saturated rings. The van der Waals surface area contributed by atoms with Crippen molar-refractivity contribution in [3.05, 3.63) is 0 Å². The van der Waals surface area contributed by atoms with Crippen molar-refractivity contribution >= 4 is 9.84 Å². The molecule has 0 aromatic rings. The molecule has 2 rings (SSSR count). The van der Waals surface area contributed by atoms with Crippen LogP contribution in [0.2, 0.25) is 0 Å². The van der Waals surface area contributed by atoms with Crippen molar-refractivity contribution in [3.8, 4) is 0 Å². The molecule has 0 unspecified atom stereocenters. The molecule has 5 heteroatoms. The van der Waals surface area contributed by atoms with Gasteiger partial charge in [-0.25, -0.2) is 8.42 Å². The lowest BCUT2D eigenvalue weighted by atomic mass is 10.1. The number of sulfone groups is 1. The maximum Gasteiger partial charge on any atom is 0.153 e. The molecule has 0 aromatic heterocycles. The van der Waals surface area contributed by atoms with E-state index in [1.807, 2.05) is 0 Å². The number of fused-ring (bicyclic) bond motifs is 1. The molecule has 0 aromatic carbocycles. The van der Waals surface area contributed by atoms with E-state index in [0.717, 1.165) is 19.6 Å². The summed E-state index contributed by atoms with van der Waals surface area (Å²) in [6.07, 6.45) is 0. The molecule has 2 saturated heterocycles. The number of nitrogens with zero attached hydrogens (tertiary/aromatic N) is 1. The van der Waals surface area contributed by atoms with E-state index in [1.165, 1.54) is 0 Å². The molecule has 15 heavy (non-hydrogen) atoms. The summed E-state index contributed by atoms with van der Waals surface area (Å²) in [4.78, 5) is 2.34. The number of nitrogens with one attached hydrogen (secondary N) is 1. The van der Waals surface area contributed by atoms with Crippen LogP contribution in [0.3, 0.4) is 0 Å². The number of hydrogen-bond acceptors (Lipinski definition) is 4. The maximum absolute atomic E-state index is 11.6. The van der Waals surface area contributed by atoms with Crippen LogP contribution in [-0.4, -0.2) is 56.5 Å². The molecule has 2 heterocycles. The maximum atomic E-state index is 11.6. The zero-order valence-electron chi connectivity index (χ0n) is 9.44. The van der Waals surface area contributed by atoms with Gasteiger partial charge in [0.1, 0.15) is 0 Å². The fraction of sp³-hybridized carbons (Fsp3) is 1.00. The van der Waals surface area contributed by atoms with Crippen LogP contribution in [0.1, 0.15) is 13.8 Å². The van der Waals surface area contributed by atoms with Gasteiger partial charge in [-0.2, -0.15) is 0 Å². The van der Waals surface area contributed by atoms with Crippen LogP contribution in [0, 0.1) is 5.92 Å². The zero-order valence-corrected chi connectivity index (χ0v) is 10.3. The predicted octanol–water partition coefficient (Wildman–Crippen LogP) is -0.287. The van der Waals surface area contributed by atoms with E-state index in [1.54, 1.807) is 0 Å². The van der Waals surface area contributed by atoms with Crippen molar-refractivity contribution in [1.82, 2.24) is 10.2 Å². The Morgan fingerprint density at radius 2 is 2.13 bits per heavy atom. The van der Waals surface area contributed by atoms with Crippen molar-refractivity contribution in [1.29, 1.82) is 0 Å². The van der Waals surface area contributed by atoms with Crippen LogP contribution >= 0.6 is 0 Å². The highest BCUT2D eigenvalue weighted by atomic mass is 32.2. The summed E-state index contributed by atoms with van der Waals surface area (Å²) in [6.45, 7) is 7.28. The molecule has 1 N–H and O–H groups in total. The van der Waals surface area contributed by atoms with Gasteiger partial charge in [-0.1, -0.05) is 13.8 Å². The smallest absolute Gasteiger partial charge is 0.153 e. The predicted molar refractivity (Wildman–Crippen MR) is 60.6 cm³/mol. The van der Waals surface area contributed by atoms with E-state index in [9.17, 15) is 8.42 Å². The number of hydrogen-bond donors (Lipinski definition) is 1. The molecule has 4 nitrogen and oxygen atoms in total. The zero-order chi connectivity index (χ0) is 11.1. The van der Waals surface area contributed by atoms with Crippen molar-refractivity contribution in [3.63, 3.8) is 0 Å². The average molecular weight is 232 g/mol. The lowest BCUT2D eigenvalue weighted by Gasteiger charge is -2.38. The highest BCUT2D eigenvalue weighted by molar-refractivity contribution is 7.91. The van der Waals surface area contributed by atoms with Gasteiger partial charge in [0.05, 0.1) is 11.5 Å². The normalized spacial score (nSPS) is 35.7. The molecule has 0 spiro atoms. The summed E-state index contributed by atoms with van der Waals surface area (Å²) >= 11 is 0. The summed E-state index contributed by atoms with van der Waals surface area (Å²) in [5.41, 5.74) is 0. The van der Waals surface area contributed by atoms with E-state index < -0.39 is 9.84 Å². The lowest BCUT2D eigenvalue weighted by Crippen LogP contribution is -2.57. The van der Waals surface area contributed by atoms with Gasteiger partial charge in [-0.05, 0) is 5.92 Å². The van der Waals surface area contributed by atoms with Gasteiger partial charge in [-0.3, -0.25) is 4.90 Å². The Kier molecular flexibility index (Phi) is 3.05. The monoisotopic (exact) mass is 232 g/mol. The number of piperazine rings is 1. The van der Waals surface area contributed by atoms with Gasteiger partial charge in [0, 0.05) is 31.7 Å². The lowest BCUT2D eigenvalue weighted by molar-refractivity contribution is 0.133. The Labute approximate surface area is 91.9 Å². The third-order valence-electron chi connectivity index (χ3n) is 3.20. The second-order valence-electron chi connectivity index (χ2n) is 5.09. The first kappa shape index (κ1) is 11.4. The Bertz CT molecular complexity index is 326. The Morgan fingerprint density at radius 3 is 2.80 bits per heavy atom. The number of rotatable bonds is 2. The van der Waals surface area contributed by atoms with Gasteiger partial charge in [-0.15, -0.1) is 0 Å². The molecule has 2 aliphatic rings. The minimum atomic E-state index is -2.80. The highest BCUT2D eigenvalue weighted by Gasteiger charge is 2.42. The molecule has 0 amide bonds. The molecular weight excluding hydrogens is 212 g/mol. The second kappa shape index (κ2) is 4.03. The SMILES string of the molecule is CC(C)CN1CCN[C@H]2CS(=O)(=O)C[C@@H]21. The summed E-state index contributed by atoms with van der Waals surface area (Å²) in [5, 5.41) is 3.32. The van der Waals surface area contributed by atoms with E-state index in [4.69, 9.17) is 0 Å². The third-order valence-corrected chi connectivity index (χ3v) is 4.91. The van der Waals surface area contributed by atoms with Gasteiger partial charge in [0.25, 0.3) is 0 Å². The molecule has 0 aliphatic carbocycles. The first-order valence-corrected chi connectivity index (χ1v) is 7.48. The van der Waals surface area contributed by atoms with Crippen molar-refractivity contribution in [2.75, 3.05) is 31.1 Å². The summed E-state index contributed by atoms with van der Waals surface area (Å²) < 4.78 is 23.1. The van der Waals surface area contributed by atoms with Crippen LogP contribution in [0.5, 0.6) is 0 Å². The van der Waals surface area contributed by atoms with Gasteiger partial charge < -0.3 is 5.32 Å². The van der Waals surface area contributed by atoms with Crippen molar-refractivity contribution in [2.24, 2.45) is 5.92 Å². The van der Waals surface area contributed by atoms with Crippen LogP contribution < -0.4 is 5.32 Å². The van der Waals surface area contributed by atoms with Crippen molar-refractivity contribution < 1.29 is 8.42 Å². The van der Waals surface area contributed by atoms with Crippen LogP contribution in [0.4, 0.5) is 0 Å².